The SMILES string of the molecule is CN(CCN)C1C(=O)Nc2cc(F)cc(F)c21. The maximum absolute atomic E-state index is 13.7. The Morgan fingerprint density at radius 1 is 1.47 bits per heavy atom. The van der Waals surface area contributed by atoms with Gasteiger partial charge in [0.1, 0.15) is 17.7 Å². The van der Waals surface area contributed by atoms with Gasteiger partial charge in [-0.15, -0.1) is 0 Å². The molecule has 1 aliphatic heterocycles. The van der Waals surface area contributed by atoms with Crippen molar-refractivity contribution in [2.24, 2.45) is 5.73 Å². The van der Waals surface area contributed by atoms with Crippen LogP contribution in [-0.4, -0.2) is 30.9 Å². The Morgan fingerprint density at radius 2 is 2.18 bits per heavy atom. The van der Waals surface area contributed by atoms with Crippen molar-refractivity contribution in [1.29, 1.82) is 0 Å². The summed E-state index contributed by atoms with van der Waals surface area (Å²) in [5.41, 5.74) is 5.78. The number of nitrogens with zero attached hydrogens (tertiary/aromatic N) is 1. The highest BCUT2D eigenvalue weighted by atomic mass is 19.1. The van der Waals surface area contributed by atoms with Crippen LogP contribution in [-0.2, 0) is 4.79 Å². The van der Waals surface area contributed by atoms with Crippen molar-refractivity contribution in [3.8, 4) is 0 Å². The van der Waals surface area contributed by atoms with Crippen LogP contribution in [0.2, 0.25) is 0 Å². The number of nitrogens with one attached hydrogen (secondary N) is 1. The van der Waals surface area contributed by atoms with E-state index in [1.54, 1.807) is 11.9 Å². The number of carbonyl (C=O) groups excluding carboxylic acids is 1. The third-order valence-corrected chi connectivity index (χ3v) is 2.80. The highest BCUT2D eigenvalue weighted by Gasteiger charge is 2.36. The molecule has 4 nitrogen and oxygen atoms in total. The van der Waals surface area contributed by atoms with Crippen LogP contribution in [0.4, 0.5) is 14.5 Å². The molecule has 0 fully saturated rings. The Kier molecular flexibility index (Phi) is 3.08. The minimum atomic E-state index is -0.742. The lowest BCUT2D eigenvalue weighted by molar-refractivity contribution is -0.120. The number of benzene rings is 1. The molecule has 1 aromatic rings. The molecule has 17 heavy (non-hydrogen) atoms. The van der Waals surface area contributed by atoms with Crippen molar-refractivity contribution in [3.63, 3.8) is 0 Å². The predicted molar refractivity (Wildman–Crippen MR) is 59.4 cm³/mol. The fraction of sp³-hybridized carbons (Fsp3) is 0.364. The van der Waals surface area contributed by atoms with Gasteiger partial charge in [0.25, 0.3) is 0 Å². The zero-order valence-electron chi connectivity index (χ0n) is 9.34. The standard InChI is InChI=1S/C11H13F2N3O/c1-16(3-2-14)10-9-7(13)4-6(12)5-8(9)15-11(10)17/h4-5,10H,2-3,14H2,1H3,(H,15,17). The van der Waals surface area contributed by atoms with Gasteiger partial charge in [-0.05, 0) is 13.1 Å². The number of amides is 1. The number of anilines is 1. The molecule has 0 bridgehead atoms. The molecule has 2 rings (SSSR count). The summed E-state index contributed by atoms with van der Waals surface area (Å²) < 4.78 is 26.7. The number of hydrogen-bond acceptors (Lipinski definition) is 3. The van der Waals surface area contributed by atoms with Gasteiger partial charge in [-0.1, -0.05) is 0 Å². The predicted octanol–water partition coefficient (Wildman–Crippen LogP) is 0.849. The first-order valence-electron chi connectivity index (χ1n) is 5.24. The fourth-order valence-corrected chi connectivity index (χ4v) is 2.05. The summed E-state index contributed by atoms with van der Waals surface area (Å²) >= 11 is 0. The molecule has 92 valence electrons. The monoisotopic (exact) mass is 241 g/mol. The van der Waals surface area contributed by atoms with E-state index in [9.17, 15) is 13.6 Å². The van der Waals surface area contributed by atoms with Crippen LogP contribution in [0, 0.1) is 11.6 Å². The van der Waals surface area contributed by atoms with Crippen LogP contribution < -0.4 is 11.1 Å². The Bertz CT molecular complexity index is 464. The third-order valence-electron chi connectivity index (χ3n) is 2.80. The van der Waals surface area contributed by atoms with E-state index >= 15 is 0 Å². The molecule has 0 saturated carbocycles. The first kappa shape index (κ1) is 11.9. The van der Waals surface area contributed by atoms with Gasteiger partial charge in [0, 0.05) is 24.7 Å². The van der Waals surface area contributed by atoms with Gasteiger partial charge in [0.2, 0.25) is 5.91 Å². The molecule has 0 saturated heterocycles. The quantitative estimate of drug-likeness (QED) is 0.824. The average molecular weight is 241 g/mol. The van der Waals surface area contributed by atoms with Gasteiger partial charge in [-0.3, -0.25) is 9.69 Å². The van der Waals surface area contributed by atoms with Gasteiger partial charge in [0.05, 0.1) is 5.69 Å². The Hall–Kier alpha value is -1.53. The van der Waals surface area contributed by atoms with Crippen molar-refractivity contribution >= 4 is 11.6 Å². The van der Waals surface area contributed by atoms with Crippen molar-refractivity contribution in [2.75, 3.05) is 25.5 Å². The number of hydrogen-bond donors (Lipinski definition) is 2. The summed E-state index contributed by atoms with van der Waals surface area (Å²) in [6.07, 6.45) is 0. The molecule has 1 aromatic carbocycles. The van der Waals surface area contributed by atoms with Crippen LogP contribution in [0.25, 0.3) is 0 Å². The summed E-state index contributed by atoms with van der Waals surface area (Å²) in [7, 11) is 1.68. The highest BCUT2D eigenvalue weighted by Crippen LogP contribution is 2.36. The van der Waals surface area contributed by atoms with Crippen LogP contribution in [0.15, 0.2) is 12.1 Å². The minimum absolute atomic E-state index is 0.187. The summed E-state index contributed by atoms with van der Waals surface area (Å²) in [5.74, 6) is -1.78. The van der Waals surface area contributed by atoms with Gasteiger partial charge in [-0.2, -0.15) is 0 Å². The Morgan fingerprint density at radius 3 is 2.82 bits per heavy atom. The minimum Gasteiger partial charge on any atom is -0.329 e. The van der Waals surface area contributed by atoms with E-state index in [0.717, 1.165) is 12.1 Å². The molecule has 1 amide bonds. The lowest BCUT2D eigenvalue weighted by atomic mass is 10.1. The number of rotatable bonds is 3. The first-order chi connectivity index (χ1) is 8.04. The number of carbonyl (C=O) groups is 1. The van der Waals surface area contributed by atoms with Crippen LogP contribution in [0.1, 0.15) is 11.6 Å². The maximum Gasteiger partial charge on any atom is 0.246 e. The zero-order valence-corrected chi connectivity index (χ0v) is 9.34. The van der Waals surface area contributed by atoms with Crippen LogP contribution in [0.3, 0.4) is 0 Å². The molecule has 3 N–H and O–H groups in total. The van der Waals surface area contributed by atoms with E-state index in [0.29, 0.717) is 13.1 Å². The molecule has 0 radical (unpaired) electrons. The molecule has 0 aliphatic carbocycles. The smallest absolute Gasteiger partial charge is 0.246 e. The van der Waals surface area contributed by atoms with E-state index in [-0.39, 0.29) is 17.2 Å². The van der Waals surface area contributed by atoms with E-state index < -0.39 is 17.7 Å². The molecular formula is C11H13F2N3O. The zero-order chi connectivity index (χ0) is 12.6. The van der Waals surface area contributed by atoms with E-state index in [4.69, 9.17) is 5.73 Å². The molecular weight excluding hydrogens is 228 g/mol. The molecule has 0 aromatic heterocycles. The van der Waals surface area contributed by atoms with E-state index in [1.807, 2.05) is 0 Å². The van der Waals surface area contributed by atoms with Crippen LogP contribution >= 0.6 is 0 Å². The second kappa shape index (κ2) is 4.38. The summed E-state index contributed by atoms with van der Waals surface area (Å²) in [4.78, 5) is 13.4. The van der Waals surface area contributed by atoms with Crippen molar-refractivity contribution < 1.29 is 13.6 Å². The normalized spacial score (nSPS) is 18.4. The Labute approximate surface area is 97.4 Å². The average Bonchev–Trinajstić information content (AvgIpc) is 2.54. The summed E-state index contributed by atoms with van der Waals surface area (Å²) in [6, 6.07) is 1.16. The van der Waals surface area contributed by atoms with Gasteiger partial charge in [0.15, 0.2) is 0 Å². The van der Waals surface area contributed by atoms with Crippen molar-refractivity contribution in [3.05, 3.63) is 29.3 Å². The number of nitrogens with two attached hydrogens (primary N) is 1. The molecule has 1 atom stereocenters. The molecule has 1 heterocycles. The number of likely N-dealkylation sites (N-methyl/N-ethyl adjacent to an activating group) is 1. The number of fused-ring (bicyclic) bond motifs is 1. The Balaban J connectivity index is 2.43. The maximum atomic E-state index is 13.7. The molecule has 0 spiro atoms. The lowest BCUT2D eigenvalue weighted by Gasteiger charge is -2.22. The second-order valence-electron chi connectivity index (χ2n) is 4.01. The third kappa shape index (κ3) is 2.01. The number of halogens is 2. The highest BCUT2D eigenvalue weighted by molar-refractivity contribution is 6.02. The fourth-order valence-electron chi connectivity index (χ4n) is 2.05. The molecule has 6 heteroatoms. The van der Waals surface area contributed by atoms with E-state index in [2.05, 4.69) is 5.32 Å². The van der Waals surface area contributed by atoms with Gasteiger partial charge >= 0.3 is 0 Å². The lowest BCUT2D eigenvalue weighted by Crippen LogP contribution is -2.34. The second-order valence-corrected chi connectivity index (χ2v) is 4.01. The summed E-state index contributed by atoms with van der Waals surface area (Å²) in [5, 5.41) is 2.47. The molecule has 1 unspecified atom stereocenters. The van der Waals surface area contributed by atoms with Gasteiger partial charge < -0.3 is 11.1 Å². The van der Waals surface area contributed by atoms with Gasteiger partial charge in [-0.25, -0.2) is 8.78 Å². The van der Waals surface area contributed by atoms with Crippen molar-refractivity contribution in [1.82, 2.24) is 4.90 Å². The molecule has 1 aliphatic rings. The van der Waals surface area contributed by atoms with Crippen molar-refractivity contribution in [2.45, 2.75) is 6.04 Å². The largest absolute Gasteiger partial charge is 0.329 e. The topological polar surface area (TPSA) is 58.4 Å². The first-order valence-corrected chi connectivity index (χ1v) is 5.24. The van der Waals surface area contributed by atoms with E-state index in [1.165, 1.54) is 0 Å². The summed E-state index contributed by atoms with van der Waals surface area (Å²) in [6.45, 7) is 0.812. The van der Waals surface area contributed by atoms with Crippen LogP contribution in [0.5, 0.6) is 0 Å².